The maximum Gasteiger partial charge on any atom is 0.224 e. The van der Waals surface area contributed by atoms with E-state index in [2.05, 4.69) is 10.3 Å². The van der Waals surface area contributed by atoms with Crippen molar-refractivity contribution >= 4 is 23.2 Å². The van der Waals surface area contributed by atoms with Crippen LogP contribution in [0.5, 0.6) is 0 Å². The van der Waals surface area contributed by atoms with Gasteiger partial charge in [0, 0.05) is 6.42 Å². The van der Waals surface area contributed by atoms with E-state index in [9.17, 15) is 4.79 Å². The van der Waals surface area contributed by atoms with Gasteiger partial charge in [-0.15, -0.1) is 0 Å². The van der Waals surface area contributed by atoms with Crippen LogP contribution in [0.15, 0.2) is 12.1 Å². The first-order valence-corrected chi connectivity index (χ1v) is 6.96. The Kier molecular flexibility index (Phi) is 4.59. The molecule has 1 aromatic rings. The maximum atomic E-state index is 11.9. The number of amides is 1. The van der Waals surface area contributed by atoms with Crippen LogP contribution >= 0.6 is 11.6 Å². The highest BCUT2D eigenvalue weighted by Crippen LogP contribution is 2.26. The summed E-state index contributed by atoms with van der Waals surface area (Å²) in [5.74, 6) is 0.647. The van der Waals surface area contributed by atoms with Crippen LogP contribution in [0.1, 0.15) is 44.2 Å². The highest BCUT2D eigenvalue weighted by atomic mass is 35.5. The smallest absolute Gasteiger partial charge is 0.224 e. The summed E-state index contributed by atoms with van der Waals surface area (Å²) in [5, 5.41) is 3.38. The molecule has 1 aliphatic carbocycles. The number of aromatic nitrogens is 1. The number of halogens is 1. The van der Waals surface area contributed by atoms with Crippen LogP contribution < -0.4 is 5.32 Å². The van der Waals surface area contributed by atoms with Crippen molar-refractivity contribution in [2.45, 2.75) is 45.4 Å². The fourth-order valence-corrected chi connectivity index (χ4v) is 2.71. The van der Waals surface area contributed by atoms with E-state index in [1.54, 1.807) is 6.07 Å². The molecule has 1 aliphatic rings. The Morgan fingerprint density at radius 2 is 2.11 bits per heavy atom. The van der Waals surface area contributed by atoms with E-state index in [0.717, 1.165) is 11.4 Å². The minimum Gasteiger partial charge on any atom is -0.324 e. The molecule has 1 aromatic heterocycles. The highest BCUT2D eigenvalue weighted by Gasteiger charge is 2.17. The van der Waals surface area contributed by atoms with Gasteiger partial charge in [-0.1, -0.05) is 30.9 Å². The van der Waals surface area contributed by atoms with E-state index in [-0.39, 0.29) is 5.91 Å². The molecule has 98 valence electrons. The summed E-state index contributed by atoms with van der Waals surface area (Å²) in [7, 11) is 0. The molecule has 1 saturated carbocycles. The Bertz CT molecular complexity index is 428. The van der Waals surface area contributed by atoms with Crippen molar-refractivity contribution < 1.29 is 4.79 Å². The molecule has 0 aromatic carbocycles. The average Bonchev–Trinajstić information content (AvgIpc) is 2.34. The second-order valence-corrected chi connectivity index (χ2v) is 5.41. The molecular weight excluding hydrogens is 248 g/mol. The molecule has 0 bridgehead atoms. The number of nitrogens with one attached hydrogen (secondary N) is 1. The van der Waals surface area contributed by atoms with Crippen LogP contribution in [0.25, 0.3) is 0 Å². The lowest BCUT2D eigenvalue weighted by molar-refractivity contribution is -0.117. The topological polar surface area (TPSA) is 42.0 Å². The van der Waals surface area contributed by atoms with E-state index >= 15 is 0 Å². The second-order valence-electron chi connectivity index (χ2n) is 5.02. The number of hydrogen-bond donors (Lipinski definition) is 1. The lowest BCUT2D eigenvalue weighted by atomic mass is 9.87. The zero-order valence-electron chi connectivity index (χ0n) is 10.7. The third-order valence-electron chi connectivity index (χ3n) is 3.52. The molecule has 18 heavy (non-hydrogen) atoms. The van der Waals surface area contributed by atoms with Crippen molar-refractivity contribution in [3.05, 3.63) is 23.0 Å². The van der Waals surface area contributed by atoms with Gasteiger partial charge in [0.1, 0.15) is 5.15 Å². The van der Waals surface area contributed by atoms with Gasteiger partial charge in [0.2, 0.25) is 5.91 Å². The van der Waals surface area contributed by atoms with Crippen LogP contribution in [0, 0.1) is 12.8 Å². The lowest BCUT2D eigenvalue weighted by Gasteiger charge is -2.21. The monoisotopic (exact) mass is 266 g/mol. The maximum absolute atomic E-state index is 11.9. The number of rotatable bonds is 3. The molecule has 1 fully saturated rings. The van der Waals surface area contributed by atoms with E-state index in [0.29, 0.717) is 17.5 Å². The molecule has 0 unspecified atom stereocenters. The third-order valence-corrected chi connectivity index (χ3v) is 3.74. The molecule has 0 aliphatic heterocycles. The predicted molar refractivity (Wildman–Crippen MR) is 73.8 cm³/mol. The fourth-order valence-electron chi connectivity index (χ4n) is 2.52. The SMILES string of the molecule is Cc1nc(Cl)ccc1NC(=O)CC1CCCCC1. The molecular formula is C14H19ClN2O. The minimum absolute atomic E-state index is 0.0918. The number of hydrogen-bond acceptors (Lipinski definition) is 2. The van der Waals surface area contributed by atoms with Gasteiger partial charge in [0.25, 0.3) is 0 Å². The first-order chi connectivity index (χ1) is 8.65. The van der Waals surface area contributed by atoms with Crippen molar-refractivity contribution in [3.63, 3.8) is 0 Å². The van der Waals surface area contributed by atoms with Gasteiger partial charge in [0.15, 0.2) is 0 Å². The largest absolute Gasteiger partial charge is 0.324 e. The number of carbonyl (C=O) groups is 1. The van der Waals surface area contributed by atoms with Crippen LogP contribution in [0.4, 0.5) is 5.69 Å². The van der Waals surface area contributed by atoms with Gasteiger partial charge in [-0.25, -0.2) is 4.98 Å². The van der Waals surface area contributed by atoms with E-state index in [1.807, 2.05) is 13.0 Å². The summed E-state index contributed by atoms with van der Waals surface area (Å²) >= 11 is 5.79. The molecule has 1 amide bonds. The van der Waals surface area contributed by atoms with Gasteiger partial charge in [-0.2, -0.15) is 0 Å². The van der Waals surface area contributed by atoms with Crippen molar-refractivity contribution in [1.29, 1.82) is 0 Å². The zero-order valence-corrected chi connectivity index (χ0v) is 11.5. The van der Waals surface area contributed by atoms with Crippen molar-refractivity contribution in [2.75, 3.05) is 5.32 Å². The Morgan fingerprint density at radius 1 is 1.39 bits per heavy atom. The number of anilines is 1. The second kappa shape index (κ2) is 6.19. The Labute approximate surface area is 113 Å². The summed E-state index contributed by atoms with van der Waals surface area (Å²) < 4.78 is 0. The number of carbonyl (C=O) groups excluding carboxylic acids is 1. The molecule has 0 atom stereocenters. The fraction of sp³-hybridized carbons (Fsp3) is 0.571. The number of nitrogens with zero attached hydrogens (tertiary/aromatic N) is 1. The zero-order chi connectivity index (χ0) is 13.0. The quantitative estimate of drug-likeness (QED) is 0.842. The van der Waals surface area contributed by atoms with E-state index in [1.165, 1.54) is 32.1 Å². The summed E-state index contributed by atoms with van der Waals surface area (Å²) in [4.78, 5) is 16.1. The van der Waals surface area contributed by atoms with Crippen molar-refractivity contribution in [2.24, 2.45) is 5.92 Å². The van der Waals surface area contributed by atoms with E-state index in [4.69, 9.17) is 11.6 Å². The summed E-state index contributed by atoms with van der Waals surface area (Å²) in [5.41, 5.74) is 1.53. The summed E-state index contributed by atoms with van der Waals surface area (Å²) in [6.45, 7) is 1.85. The van der Waals surface area contributed by atoms with Gasteiger partial charge >= 0.3 is 0 Å². The molecule has 0 spiro atoms. The van der Waals surface area contributed by atoms with Crippen molar-refractivity contribution in [1.82, 2.24) is 4.98 Å². The average molecular weight is 267 g/mol. The number of pyridine rings is 1. The van der Waals surface area contributed by atoms with Gasteiger partial charge < -0.3 is 5.32 Å². The standard InChI is InChI=1S/C14H19ClN2O/c1-10-12(7-8-13(15)16-10)17-14(18)9-11-5-3-2-4-6-11/h7-8,11H,2-6,9H2,1H3,(H,17,18). The van der Waals surface area contributed by atoms with Crippen LogP contribution in [-0.4, -0.2) is 10.9 Å². The Morgan fingerprint density at radius 3 is 2.78 bits per heavy atom. The first kappa shape index (κ1) is 13.3. The van der Waals surface area contributed by atoms with Crippen molar-refractivity contribution in [3.8, 4) is 0 Å². The highest BCUT2D eigenvalue weighted by molar-refractivity contribution is 6.29. The molecule has 4 heteroatoms. The van der Waals surface area contributed by atoms with E-state index < -0.39 is 0 Å². The van der Waals surface area contributed by atoms with Crippen LogP contribution in [0.3, 0.4) is 0 Å². The minimum atomic E-state index is 0.0918. The molecule has 2 rings (SSSR count). The normalized spacial score (nSPS) is 16.6. The van der Waals surface area contributed by atoms with Crippen LogP contribution in [-0.2, 0) is 4.79 Å². The van der Waals surface area contributed by atoms with Gasteiger partial charge in [0.05, 0.1) is 11.4 Å². The van der Waals surface area contributed by atoms with Gasteiger partial charge in [-0.3, -0.25) is 4.79 Å². The molecule has 1 N–H and O–H groups in total. The lowest BCUT2D eigenvalue weighted by Crippen LogP contribution is -2.18. The Balaban J connectivity index is 1.90. The van der Waals surface area contributed by atoms with Gasteiger partial charge in [-0.05, 0) is 37.8 Å². The molecule has 0 radical (unpaired) electrons. The third kappa shape index (κ3) is 3.70. The predicted octanol–water partition coefficient (Wildman–Crippen LogP) is 3.95. The summed E-state index contributed by atoms with van der Waals surface area (Å²) in [6, 6.07) is 3.51. The Hall–Kier alpha value is -1.09. The first-order valence-electron chi connectivity index (χ1n) is 6.58. The molecule has 1 heterocycles. The number of aryl methyl sites for hydroxylation is 1. The van der Waals surface area contributed by atoms with Crippen LogP contribution in [0.2, 0.25) is 5.15 Å². The molecule has 0 saturated heterocycles. The molecule has 3 nitrogen and oxygen atoms in total. The summed E-state index contributed by atoms with van der Waals surface area (Å²) in [6.07, 6.45) is 6.84.